The van der Waals surface area contributed by atoms with Crippen LogP contribution in [0.4, 0.5) is 22.0 Å². The summed E-state index contributed by atoms with van der Waals surface area (Å²) < 4.78 is 68.6. The zero-order chi connectivity index (χ0) is 13.2. The molecule has 17 heavy (non-hydrogen) atoms. The van der Waals surface area contributed by atoms with Gasteiger partial charge < -0.3 is 14.5 Å². The van der Waals surface area contributed by atoms with Crippen molar-refractivity contribution in [2.24, 2.45) is 0 Å². The third-order valence-electron chi connectivity index (χ3n) is 1.64. The second kappa shape index (κ2) is 4.60. The maximum Gasteiger partial charge on any atom is 0.573 e. The fourth-order valence-corrected chi connectivity index (χ4v) is 1.07. The highest BCUT2D eigenvalue weighted by Gasteiger charge is 2.35. The second-order valence-corrected chi connectivity index (χ2v) is 2.79. The zero-order valence-electron chi connectivity index (χ0n) is 8.27. The van der Waals surface area contributed by atoms with Crippen molar-refractivity contribution in [1.82, 2.24) is 4.98 Å². The molecular weight excluding hydrogens is 253 g/mol. The Bertz CT molecular complexity index is 453. The molecule has 0 aliphatic rings. The third kappa shape index (κ3) is 3.33. The van der Waals surface area contributed by atoms with Crippen molar-refractivity contribution >= 4 is 0 Å². The maximum atomic E-state index is 12.4. The molecule has 0 fully saturated rings. The molecule has 0 amide bonds. The monoisotopic (exact) mass is 259 g/mol. The van der Waals surface area contributed by atoms with Crippen molar-refractivity contribution in [2.45, 2.75) is 12.8 Å². The lowest BCUT2D eigenvalue weighted by Crippen LogP contribution is -2.21. The minimum absolute atomic E-state index is 0.576. The van der Waals surface area contributed by atoms with E-state index in [9.17, 15) is 26.7 Å². The largest absolute Gasteiger partial charge is 0.573 e. The van der Waals surface area contributed by atoms with Crippen LogP contribution in [0.2, 0.25) is 0 Å². The Balaban J connectivity index is 3.37. The summed E-state index contributed by atoms with van der Waals surface area (Å²) in [5.74, 6) is -1.98. The molecule has 1 N–H and O–H groups in total. The van der Waals surface area contributed by atoms with Crippen LogP contribution >= 0.6 is 0 Å². The number of hydrogen-bond acceptors (Lipinski definition) is 3. The van der Waals surface area contributed by atoms with Crippen LogP contribution in [0.25, 0.3) is 0 Å². The summed E-state index contributed by atoms with van der Waals surface area (Å²) in [6, 6.07) is 0.576. The highest BCUT2D eigenvalue weighted by molar-refractivity contribution is 5.43. The predicted molar refractivity (Wildman–Crippen MR) is 45.3 cm³/mol. The molecule has 0 aliphatic carbocycles. The number of H-pyrrole nitrogens is 1. The first-order valence-corrected chi connectivity index (χ1v) is 4.09. The number of aromatic amines is 1. The SMILES string of the molecule is COc1cc(=O)[nH]c(C(F)F)c1OC(F)(F)F. The van der Waals surface area contributed by atoms with Gasteiger partial charge in [0.2, 0.25) is 0 Å². The highest BCUT2D eigenvalue weighted by atomic mass is 19.4. The van der Waals surface area contributed by atoms with Crippen molar-refractivity contribution in [2.75, 3.05) is 7.11 Å². The van der Waals surface area contributed by atoms with Crippen molar-refractivity contribution in [3.63, 3.8) is 0 Å². The standard InChI is InChI=1S/C8H6F5NO3/c1-16-3-2-4(15)14-5(7(9)10)6(3)17-8(11,12)13/h2,7H,1H3,(H,14,15). The van der Waals surface area contributed by atoms with Crippen LogP contribution in [0.15, 0.2) is 10.9 Å². The van der Waals surface area contributed by atoms with Gasteiger partial charge in [0.05, 0.1) is 7.11 Å². The predicted octanol–water partition coefficient (Wildman–Crippen LogP) is 2.22. The number of halogens is 5. The van der Waals surface area contributed by atoms with Crippen LogP contribution in [-0.4, -0.2) is 18.5 Å². The molecule has 0 radical (unpaired) electrons. The summed E-state index contributed by atoms with van der Waals surface area (Å²) in [5, 5.41) is 0. The zero-order valence-corrected chi connectivity index (χ0v) is 8.27. The minimum Gasteiger partial charge on any atom is -0.493 e. The van der Waals surface area contributed by atoms with E-state index in [1.54, 1.807) is 4.98 Å². The first kappa shape index (κ1) is 13.3. The van der Waals surface area contributed by atoms with Gasteiger partial charge in [0.15, 0.2) is 11.5 Å². The van der Waals surface area contributed by atoms with E-state index >= 15 is 0 Å². The second-order valence-electron chi connectivity index (χ2n) is 2.79. The fourth-order valence-electron chi connectivity index (χ4n) is 1.07. The number of rotatable bonds is 3. The van der Waals surface area contributed by atoms with Gasteiger partial charge in [0.25, 0.3) is 12.0 Å². The topological polar surface area (TPSA) is 51.3 Å². The van der Waals surface area contributed by atoms with E-state index in [1.807, 2.05) is 0 Å². The molecule has 1 heterocycles. The summed E-state index contributed by atoms with van der Waals surface area (Å²) in [4.78, 5) is 12.4. The van der Waals surface area contributed by atoms with E-state index in [0.717, 1.165) is 7.11 Å². The molecule has 0 aliphatic heterocycles. The molecule has 0 saturated heterocycles. The van der Waals surface area contributed by atoms with Gasteiger partial charge in [-0.2, -0.15) is 0 Å². The molecule has 0 unspecified atom stereocenters. The molecule has 1 aromatic heterocycles. The number of hydrogen-bond donors (Lipinski definition) is 1. The van der Waals surface area contributed by atoms with Gasteiger partial charge in [-0.05, 0) is 0 Å². The number of aromatic nitrogens is 1. The molecule has 0 aromatic carbocycles. The van der Waals surface area contributed by atoms with Crippen molar-refractivity contribution in [3.05, 3.63) is 22.1 Å². The normalized spacial score (nSPS) is 11.7. The average molecular weight is 259 g/mol. The van der Waals surface area contributed by atoms with Crippen molar-refractivity contribution in [1.29, 1.82) is 0 Å². The maximum absolute atomic E-state index is 12.4. The lowest BCUT2D eigenvalue weighted by Gasteiger charge is -2.15. The Morgan fingerprint density at radius 2 is 1.94 bits per heavy atom. The number of pyridine rings is 1. The first-order valence-electron chi connectivity index (χ1n) is 4.09. The van der Waals surface area contributed by atoms with Gasteiger partial charge >= 0.3 is 6.36 Å². The summed E-state index contributed by atoms with van der Waals surface area (Å²) >= 11 is 0. The van der Waals surface area contributed by atoms with Gasteiger partial charge in [-0.15, -0.1) is 13.2 Å². The molecule has 0 saturated carbocycles. The van der Waals surface area contributed by atoms with Gasteiger partial charge in [0.1, 0.15) is 5.69 Å². The van der Waals surface area contributed by atoms with Crippen LogP contribution in [-0.2, 0) is 0 Å². The molecule has 1 aromatic rings. The Morgan fingerprint density at radius 1 is 1.35 bits per heavy atom. The molecule has 0 spiro atoms. The minimum atomic E-state index is -5.17. The molecule has 4 nitrogen and oxygen atoms in total. The van der Waals surface area contributed by atoms with Crippen LogP contribution in [0, 0.1) is 0 Å². The highest BCUT2D eigenvalue weighted by Crippen LogP contribution is 2.37. The lowest BCUT2D eigenvalue weighted by atomic mass is 10.3. The summed E-state index contributed by atoms with van der Waals surface area (Å²) in [5.41, 5.74) is -2.31. The van der Waals surface area contributed by atoms with E-state index in [1.165, 1.54) is 0 Å². The summed E-state index contributed by atoms with van der Waals surface area (Å²) in [6.07, 6.45) is -8.51. The molecule has 0 bridgehead atoms. The van der Waals surface area contributed by atoms with Crippen LogP contribution < -0.4 is 15.0 Å². The molecule has 1 rings (SSSR count). The Morgan fingerprint density at radius 3 is 2.35 bits per heavy atom. The van der Waals surface area contributed by atoms with E-state index in [4.69, 9.17) is 0 Å². The van der Waals surface area contributed by atoms with E-state index in [-0.39, 0.29) is 0 Å². The number of methoxy groups -OCH3 is 1. The quantitative estimate of drug-likeness (QED) is 0.847. The first-order chi connectivity index (χ1) is 7.74. The van der Waals surface area contributed by atoms with Gasteiger partial charge in [-0.3, -0.25) is 4.79 Å². The average Bonchev–Trinajstić information content (AvgIpc) is 2.17. The van der Waals surface area contributed by atoms with Gasteiger partial charge in [-0.25, -0.2) is 8.78 Å². The number of ether oxygens (including phenoxy) is 2. The molecule has 0 atom stereocenters. The van der Waals surface area contributed by atoms with E-state index < -0.39 is 35.5 Å². The van der Waals surface area contributed by atoms with Gasteiger partial charge in [0, 0.05) is 6.07 Å². The van der Waals surface area contributed by atoms with Crippen molar-refractivity contribution in [3.8, 4) is 11.5 Å². The van der Waals surface area contributed by atoms with Gasteiger partial charge in [-0.1, -0.05) is 0 Å². The molecule has 9 heteroatoms. The number of nitrogens with one attached hydrogen (secondary N) is 1. The smallest absolute Gasteiger partial charge is 0.493 e. The lowest BCUT2D eigenvalue weighted by molar-refractivity contribution is -0.275. The van der Waals surface area contributed by atoms with Crippen LogP contribution in [0.5, 0.6) is 11.5 Å². The summed E-state index contributed by atoms with van der Waals surface area (Å²) in [7, 11) is 0.924. The van der Waals surface area contributed by atoms with Crippen LogP contribution in [0.3, 0.4) is 0 Å². The fraction of sp³-hybridized carbons (Fsp3) is 0.375. The summed E-state index contributed by atoms with van der Waals surface area (Å²) in [6.45, 7) is 0. The third-order valence-corrected chi connectivity index (χ3v) is 1.64. The van der Waals surface area contributed by atoms with E-state index in [2.05, 4.69) is 9.47 Å². The molecule has 96 valence electrons. The molecular formula is C8H6F5NO3. The van der Waals surface area contributed by atoms with E-state index in [0.29, 0.717) is 6.07 Å². The Labute approximate surface area is 91.0 Å². The number of alkyl halides is 5. The Hall–Kier alpha value is -1.80. The Kier molecular flexibility index (Phi) is 3.59. The van der Waals surface area contributed by atoms with Crippen molar-refractivity contribution < 1.29 is 31.4 Å². The van der Waals surface area contributed by atoms with Crippen LogP contribution in [0.1, 0.15) is 12.1 Å².